The minimum absolute atomic E-state index is 0.0239. The van der Waals surface area contributed by atoms with Crippen molar-refractivity contribution >= 4 is 44.1 Å². The molecule has 2 aromatic carbocycles. The number of esters is 6. The smallest absolute Gasteiger partial charge is 0.491 e. The van der Waals surface area contributed by atoms with Crippen LogP contribution in [0.15, 0.2) is 65.8 Å². The summed E-state index contributed by atoms with van der Waals surface area (Å²) in [5.41, 5.74) is 9.62. The van der Waals surface area contributed by atoms with Gasteiger partial charge in [0, 0.05) is 32.6 Å². The molecule has 0 aliphatic carbocycles. The fourth-order valence-corrected chi connectivity index (χ4v) is 6.06. The number of hydrogen-bond acceptors (Lipinski definition) is 19. The summed E-state index contributed by atoms with van der Waals surface area (Å²) in [6.45, 7) is 2.65. The quantitative estimate of drug-likeness (QED) is 0.0621. The van der Waals surface area contributed by atoms with Crippen LogP contribution in [0, 0.1) is 0 Å². The predicted molar refractivity (Wildman–Crippen MR) is 179 cm³/mol. The van der Waals surface area contributed by atoms with Crippen molar-refractivity contribution < 1.29 is 85.4 Å². The molecule has 2 unspecified atom stereocenters. The maximum atomic E-state index is 13.6. The number of carbonyl (C=O) groups excluding carboxylic acids is 6. The monoisotopic (exact) mass is 805 g/mol. The van der Waals surface area contributed by atoms with E-state index in [1.807, 2.05) is 0 Å². The van der Waals surface area contributed by atoms with Crippen LogP contribution in [0.2, 0.25) is 0 Å². The van der Waals surface area contributed by atoms with Crippen LogP contribution < -0.4 is 4.89 Å². The van der Waals surface area contributed by atoms with Crippen LogP contribution >= 0.6 is 8.25 Å². The van der Waals surface area contributed by atoms with Gasteiger partial charge in [-0.3, -0.25) is 19.2 Å². The zero-order valence-corrected chi connectivity index (χ0v) is 31.0. The van der Waals surface area contributed by atoms with Crippen LogP contribution in [0.1, 0.15) is 48.4 Å². The molecule has 0 bridgehead atoms. The molecule has 0 aromatic heterocycles. The van der Waals surface area contributed by atoms with Crippen LogP contribution in [0.5, 0.6) is 0 Å². The van der Waals surface area contributed by atoms with Gasteiger partial charge in [-0.15, -0.1) is 4.52 Å². The van der Waals surface area contributed by atoms with Crippen molar-refractivity contribution in [1.29, 1.82) is 0 Å². The maximum Gasteiger partial charge on any atom is 0.491 e. The van der Waals surface area contributed by atoms with Crippen molar-refractivity contribution in [2.24, 2.45) is 5.11 Å². The van der Waals surface area contributed by atoms with Crippen LogP contribution in [-0.2, 0) is 70.9 Å². The lowest BCUT2D eigenvalue weighted by atomic mass is 9.95. The normalized spacial score (nSPS) is 27.3. The number of benzene rings is 2. The minimum Gasteiger partial charge on any atom is -0.566 e. The molecule has 2 aliphatic rings. The fraction of sp³-hybridized carbons (Fsp3) is 0.471. The predicted octanol–water partition coefficient (Wildman–Crippen LogP) is 1.98. The summed E-state index contributed by atoms with van der Waals surface area (Å²) in [5, 5.41) is 3.58. The molecule has 2 heterocycles. The Bertz CT molecular complexity index is 1790. The van der Waals surface area contributed by atoms with Crippen molar-refractivity contribution in [3.05, 3.63) is 82.2 Å². The first-order valence-corrected chi connectivity index (χ1v) is 17.7. The standard InChI is InChI=1S/C34H36N3O18P/c1-17(38)46-15-23-27(48-18(2)39)29(49-19(3)40)30(50-20(4)41)34(52-23)54-26-24(16-47-31(42)21-11-7-5-8-12-21)51-33(55-56(44)45)25(36-37-35)28(26)53-32(43)22-13-9-6-10-14-22/h5-14,23-30,33-34H,15-16H2,1-4H3/t23-,24-,25+,26-,27+,28-,29+,30-,33?,34+/m1/s1. The molecule has 0 spiro atoms. The van der Waals surface area contributed by atoms with Gasteiger partial charge < -0.3 is 47.5 Å². The zero-order chi connectivity index (χ0) is 40.9. The van der Waals surface area contributed by atoms with Crippen molar-refractivity contribution in [2.45, 2.75) is 89.0 Å². The second kappa shape index (κ2) is 20.4. The van der Waals surface area contributed by atoms with E-state index < -0.39 is 119 Å². The molecular formula is C34H36N3O18P. The van der Waals surface area contributed by atoms with Gasteiger partial charge in [0.2, 0.25) is 6.29 Å². The van der Waals surface area contributed by atoms with Gasteiger partial charge in [0.1, 0.15) is 43.7 Å². The Morgan fingerprint density at radius 3 is 1.70 bits per heavy atom. The van der Waals surface area contributed by atoms with Gasteiger partial charge in [0.05, 0.1) is 11.1 Å². The lowest BCUT2D eigenvalue weighted by Gasteiger charge is -2.48. The SMILES string of the molecule is CC(=O)OC[C@H]1O[C@@H](O[C@H]2[C@H](OC(=O)c3ccccc3)[C@H](N=[N+]=[N-])C(O[P+](=O)[O-])O[C@@H]2COC(=O)c2ccccc2)[C@H](OC(C)=O)[C@@H](OC(C)=O)[C@H]1OC(C)=O. The highest BCUT2D eigenvalue weighted by Gasteiger charge is 2.57. The van der Waals surface area contributed by atoms with Crippen molar-refractivity contribution in [3.63, 3.8) is 0 Å². The molecular weight excluding hydrogens is 769 g/mol. The molecule has 22 heteroatoms. The molecule has 4 rings (SSSR count). The largest absolute Gasteiger partial charge is 0.566 e. The van der Waals surface area contributed by atoms with Gasteiger partial charge in [0.25, 0.3) is 0 Å². The Morgan fingerprint density at radius 2 is 1.16 bits per heavy atom. The number of ether oxygens (including phenoxy) is 9. The molecule has 0 saturated carbocycles. The highest BCUT2D eigenvalue weighted by atomic mass is 31.1. The summed E-state index contributed by atoms with van der Waals surface area (Å²) in [4.78, 5) is 90.2. The average molecular weight is 806 g/mol. The number of rotatable bonds is 15. The highest BCUT2D eigenvalue weighted by Crippen LogP contribution is 2.37. The molecule has 0 amide bonds. The van der Waals surface area contributed by atoms with Gasteiger partial charge in [-0.2, -0.15) is 0 Å². The first kappa shape index (κ1) is 43.2. The van der Waals surface area contributed by atoms with Crippen LogP contribution in [0.25, 0.3) is 10.4 Å². The summed E-state index contributed by atoms with van der Waals surface area (Å²) < 4.78 is 67.7. The lowest BCUT2D eigenvalue weighted by molar-refractivity contribution is -0.345. The highest BCUT2D eigenvalue weighted by molar-refractivity contribution is 7.30. The number of nitrogens with zero attached hydrogens (tertiary/aromatic N) is 3. The Hall–Kier alpha value is -5.53. The Kier molecular flexibility index (Phi) is 15.7. The summed E-state index contributed by atoms with van der Waals surface area (Å²) in [6, 6.07) is 13.2. The van der Waals surface area contributed by atoms with Crippen LogP contribution in [0.3, 0.4) is 0 Å². The lowest BCUT2D eigenvalue weighted by Crippen LogP contribution is -2.66. The molecule has 21 nitrogen and oxygen atoms in total. The molecule has 0 radical (unpaired) electrons. The fourth-order valence-electron chi connectivity index (χ4n) is 5.71. The van der Waals surface area contributed by atoms with Crippen LogP contribution in [-0.4, -0.2) is 110 Å². The summed E-state index contributed by atoms with van der Waals surface area (Å²) in [6.07, 6.45) is -15.9. The van der Waals surface area contributed by atoms with Crippen molar-refractivity contribution in [3.8, 4) is 0 Å². The van der Waals surface area contributed by atoms with Gasteiger partial charge in [-0.05, 0) is 34.4 Å². The summed E-state index contributed by atoms with van der Waals surface area (Å²) >= 11 is 0. The maximum absolute atomic E-state index is 13.6. The molecule has 2 fully saturated rings. The molecule has 300 valence electrons. The number of azide groups is 1. The van der Waals surface area contributed by atoms with Gasteiger partial charge in [-0.1, -0.05) is 41.5 Å². The molecule has 56 heavy (non-hydrogen) atoms. The molecule has 0 N–H and O–H groups in total. The molecule has 11 atom stereocenters. The van der Waals surface area contributed by atoms with E-state index in [4.69, 9.17) is 47.2 Å². The molecule has 2 saturated heterocycles. The number of carbonyl (C=O) groups is 6. The zero-order valence-electron chi connectivity index (χ0n) is 30.1. The average Bonchev–Trinajstić information content (AvgIpc) is 3.14. The second-order valence-electron chi connectivity index (χ2n) is 11.9. The van der Waals surface area contributed by atoms with E-state index in [-0.39, 0.29) is 11.1 Å². The minimum atomic E-state index is -3.72. The van der Waals surface area contributed by atoms with E-state index >= 15 is 0 Å². The molecule has 2 aliphatic heterocycles. The van der Waals surface area contributed by atoms with Gasteiger partial charge >= 0.3 is 44.1 Å². The second-order valence-corrected chi connectivity index (χ2v) is 12.6. The van der Waals surface area contributed by atoms with E-state index in [0.717, 1.165) is 27.7 Å². The first-order valence-electron chi connectivity index (χ1n) is 16.6. The number of hydrogen-bond donors (Lipinski definition) is 0. The first-order chi connectivity index (χ1) is 26.7. The Labute approximate surface area is 318 Å². The van der Waals surface area contributed by atoms with Crippen molar-refractivity contribution in [2.75, 3.05) is 13.2 Å². The Balaban J connectivity index is 1.86. The van der Waals surface area contributed by atoms with Gasteiger partial charge in [0.15, 0.2) is 24.6 Å². The third-order valence-electron chi connectivity index (χ3n) is 7.87. The summed E-state index contributed by atoms with van der Waals surface area (Å²) in [7, 11) is -3.72. The third kappa shape index (κ3) is 12.0. The van der Waals surface area contributed by atoms with E-state index in [2.05, 4.69) is 10.0 Å². The van der Waals surface area contributed by atoms with E-state index in [1.165, 1.54) is 36.4 Å². The van der Waals surface area contributed by atoms with E-state index in [1.54, 1.807) is 24.3 Å². The van der Waals surface area contributed by atoms with E-state index in [0.29, 0.717) is 0 Å². The Morgan fingerprint density at radius 1 is 0.661 bits per heavy atom. The van der Waals surface area contributed by atoms with Crippen molar-refractivity contribution in [1.82, 2.24) is 0 Å². The third-order valence-corrected chi connectivity index (χ3v) is 8.25. The molecule has 2 aromatic rings. The van der Waals surface area contributed by atoms with Crippen LogP contribution in [0.4, 0.5) is 0 Å². The van der Waals surface area contributed by atoms with E-state index in [9.17, 15) is 43.8 Å². The summed E-state index contributed by atoms with van der Waals surface area (Å²) in [5.74, 6) is -5.57. The topological polar surface area (TPSA) is 284 Å². The van der Waals surface area contributed by atoms with Gasteiger partial charge in [-0.25, -0.2) is 9.59 Å².